The monoisotopic (exact) mass is 537 g/mol. The lowest BCUT2D eigenvalue weighted by molar-refractivity contribution is -0.140. The quantitative estimate of drug-likeness (QED) is 0.470. The lowest BCUT2D eigenvalue weighted by atomic mass is 10.1. The third kappa shape index (κ3) is 7.85. The molecule has 7 nitrogen and oxygen atoms in total. The maximum Gasteiger partial charge on any atom is 0.244 e. The van der Waals surface area contributed by atoms with Gasteiger partial charge < -0.3 is 10.2 Å². The van der Waals surface area contributed by atoms with Gasteiger partial charge in [-0.05, 0) is 43.5 Å². The fraction of sp³-hybridized carbons (Fsp3) is 0.417. The van der Waals surface area contributed by atoms with Gasteiger partial charge in [-0.3, -0.25) is 13.9 Å². The van der Waals surface area contributed by atoms with Crippen molar-refractivity contribution in [1.82, 2.24) is 10.2 Å². The molecule has 2 rings (SSSR count). The Balaban J connectivity index is 2.41. The number of rotatable bonds is 11. The molecule has 1 N–H and O–H groups in total. The highest BCUT2D eigenvalue weighted by atomic mass is 79.9. The van der Waals surface area contributed by atoms with Gasteiger partial charge in [-0.1, -0.05) is 66.2 Å². The molecule has 0 spiro atoms. The van der Waals surface area contributed by atoms with Crippen LogP contribution in [0.2, 0.25) is 0 Å². The minimum absolute atomic E-state index is 0.0329. The molecule has 0 aliphatic rings. The summed E-state index contributed by atoms with van der Waals surface area (Å²) in [6.07, 6.45) is 2.23. The van der Waals surface area contributed by atoms with Crippen molar-refractivity contribution in [2.45, 2.75) is 52.2 Å². The molecule has 9 heteroatoms. The number of anilines is 1. The Bertz CT molecular complexity index is 1050. The van der Waals surface area contributed by atoms with E-state index < -0.39 is 28.5 Å². The summed E-state index contributed by atoms with van der Waals surface area (Å²) >= 11 is 3.35. The summed E-state index contributed by atoms with van der Waals surface area (Å²) in [5.41, 5.74) is 1.23. The van der Waals surface area contributed by atoms with Crippen LogP contribution in [-0.2, 0) is 26.2 Å². The Labute approximate surface area is 205 Å². The third-order valence-electron chi connectivity index (χ3n) is 5.36. The number of carbonyl (C=O) groups excluding carboxylic acids is 2. The van der Waals surface area contributed by atoms with Crippen LogP contribution in [0.4, 0.5) is 5.69 Å². The Morgan fingerprint density at radius 2 is 1.70 bits per heavy atom. The molecule has 2 atom stereocenters. The molecule has 2 amide bonds. The van der Waals surface area contributed by atoms with Crippen molar-refractivity contribution in [3.05, 3.63) is 64.6 Å². The Morgan fingerprint density at radius 1 is 1.03 bits per heavy atom. The SMILES string of the molecule is CC[C@@H](C)NC(=O)[C@@H](CC)N(Cc1ccccc1)C(=O)CN(c1cccc(Br)c1)S(C)(=O)=O. The summed E-state index contributed by atoms with van der Waals surface area (Å²) in [5.74, 6) is -0.695. The molecule has 0 radical (unpaired) electrons. The number of nitrogens with one attached hydrogen (secondary N) is 1. The van der Waals surface area contributed by atoms with Crippen molar-refractivity contribution in [2.24, 2.45) is 0 Å². The first-order valence-corrected chi connectivity index (χ1v) is 13.6. The van der Waals surface area contributed by atoms with Crippen molar-refractivity contribution in [3.8, 4) is 0 Å². The number of hydrogen-bond acceptors (Lipinski definition) is 4. The average Bonchev–Trinajstić information content (AvgIpc) is 2.76. The minimum atomic E-state index is -3.75. The van der Waals surface area contributed by atoms with Crippen molar-refractivity contribution >= 4 is 43.5 Å². The van der Waals surface area contributed by atoms with Gasteiger partial charge >= 0.3 is 0 Å². The molecule has 2 aromatic rings. The summed E-state index contributed by atoms with van der Waals surface area (Å²) in [6.45, 7) is 5.51. The number of sulfonamides is 1. The van der Waals surface area contributed by atoms with Gasteiger partial charge in [0, 0.05) is 17.1 Å². The highest BCUT2D eigenvalue weighted by Crippen LogP contribution is 2.23. The lowest BCUT2D eigenvalue weighted by Gasteiger charge is -2.33. The molecule has 33 heavy (non-hydrogen) atoms. The van der Waals surface area contributed by atoms with E-state index in [-0.39, 0.29) is 18.5 Å². The zero-order valence-corrected chi connectivity index (χ0v) is 21.9. The van der Waals surface area contributed by atoms with Crippen LogP contribution in [0.1, 0.15) is 39.2 Å². The highest BCUT2D eigenvalue weighted by Gasteiger charge is 2.32. The summed E-state index contributed by atoms with van der Waals surface area (Å²) in [5, 5.41) is 2.95. The van der Waals surface area contributed by atoms with E-state index in [1.165, 1.54) is 4.90 Å². The first-order chi connectivity index (χ1) is 15.6. The van der Waals surface area contributed by atoms with Crippen LogP contribution < -0.4 is 9.62 Å². The molecule has 0 unspecified atom stereocenters. The number of carbonyl (C=O) groups is 2. The highest BCUT2D eigenvalue weighted by molar-refractivity contribution is 9.10. The smallest absolute Gasteiger partial charge is 0.244 e. The van der Waals surface area contributed by atoms with E-state index in [0.29, 0.717) is 16.6 Å². The van der Waals surface area contributed by atoms with Crippen LogP contribution in [0, 0.1) is 0 Å². The molecule has 0 aliphatic heterocycles. The predicted molar refractivity (Wildman–Crippen MR) is 135 cm³/mol. The molecule has 0 fully saturated rings. The third-order valence-corrected chi connectivity index (χ3v) is 6.99. The minimum Gasteiger partial charge on any atom is -0.352 e. The maximum absolute atomic E-state index is 13.6. The van der Waals surface area contributed by atoms with Gasteiger partial charge in [0.1, 0.15) is 12.6 Å². The van der Waals surface area contributed by atoms with Gasteiger partial charge in [-0.15, -0.1) is 0 Å². The van der Waals surface area contributed by atoms with E-state index in [1.54, 1.807) is 24.3 Å². The van der Waals surface area contributed by atoms with Gasteiger partial charge in [-0.2, -0.15) is 0 Å². The van der Waals surface area contributed by atoms with Crippen LogP contribution in [0.15, 0.2) is 59.1 Å². The van der Waals surface area contributed by atoms with Crippen molar-refractivity contribution in [1.29, 1.82) is 0 Å². The second-order valence-electron chi connectivity index (χ2n) is 8.00. The number of nitrogens with zero attached hydrogens (tertiary/aromatic N) is 2. The van der Waals surface area contributed by atoms with Crippen molar-refractivity contribution < 1.29 is 18.0 Å². The molecule has 0 aromatic heterocycles. The average molecular weight is 539 g/mol. The summed E-state index contributed by atoms with van der Waals surface area (Å²) in [7, 11) is -3.75. The Hall–Kier alpha value is -2.39. The van der Waals surface area contributed by atoms with E-state index in [0.717, 1.165) is 22.5 Å². The van der Waals surface area contributed by atoms with E-state index >= 15 is 0 Å². The molecule has 0 bridgehead atoms. The van der Waals surface area contributed by atoms with Gasteiger partial charge in [0.25, 0.3) is 0 Å². The van der Waals surface area contributed by atoms with Crippen LogP contribution in [0.25, 0.3) is 0 Å². The zero-order chi connectivity index (χ0) is 24.6. The normalized spacial score (nSPS) is 13.1. The molecule has 0 aliphatic carbocycles. The molecule has 0 saturated heterocycles. The largest absolute Gasteiger partial charge is 0.352 e. The fourth-order valence-electron chi connectivity index (χ4n) is 3.39. The summed E-state index contributed by atoms with van der Waals surface area (Å²) < 4.78 is 26.9. The van der Waals surface area contributed by atoms with Crippen LogP contribution in [0.5, 0.6) is 0 Å². The maximum atomic E-state index is 13.6. The van der Waals surface area contributed by atoms with Crippen molar-refractivity contribution in [2.75, 3.05) is 17.1 Å². The summed E-state index contributed by atoms with van der Waals surface area (Å²) in [6, 6.07) is 15.4. The second kappa shape index (κ2) is 12.2. The van der Waals surface area contributed by atoms with E-state index in [1.807, 2.05) is 51.1 Å². The van der Waals surface area contributed by atoms with Crippen LogP contribution in [-0.4, -0.2) is 50.0 Å². The first kappa shape index (κ1) is 26.9. The molecule has 2 aromatic carbocycles. The predicted octanol–water partition coefficient (Wildman–Crippen LogP) is 3.94. The second-order valence-corrected chi connectivity index (χ2v) is 10.8. The molecule has 180 valence electrons. The topological polar surface area (TPSA) is 86.8 Å². The van der Waals surface area contributed by atoms with Gasteiger partial charge in [-0.25, -0.2) is 8.42 Å². The first-order valence-electron chi connectivity index (χ1n) is 10.9. The fourth-order valence-corrected chi connectivity index (χ4v) is 4.61. The van der Waals surface area contributed by atoms with Gasteiger partial charge in [0.05, 0.1) is 11.9 Å². The van der Waals surface area contributed by atoms with Crippen LogP contribution in [0.3, 0.4) is 0 Å². The molecular formula is C24H32BrN3O4S. The Morgan fingerprint density at radius 3 is 2.24 bits per heavy atom. The molecule has 0 heterocycles. The van der Waals surface area contributed by atoms with Gasteiger partial charge in [0.15, 0.2) is 0 Å². The number of amides is 2. The van der Waals surface area contributed by atoms with Crippen LogP contribution >= 0.6 is 15.9 Å². The zero-order valence-electron chi connectivity index (χ0n) is 19.5. The molecular weight excluding hydrogens is 506 g/mol. The van der Waals surface area contributed by atoms with E-state index in [2.05, 4.69) is 21.2 Å². The molecule has 0 saturated carbocycles. The van der Waals surface area contributed by atoms with Gasteiger partial charge in [0.2, 0.25) is 21.8 Å². The lowest BCUT2D eigenvalue weighted by Crippen LogP contribution is -2.53. The summed E-state index contributed by atoms with van der Waals surface area (Å²) in [4.78, 5) is 28.1. The number of halogens is 1. The standard InChI is InChI=1S/C24H32BrN3O4S/c1-5-18(3)26-24(30)22(6-2)27(16-19-11-8-7-9-12-19)23(29)17-28(33(4,31)32)21-14-10-13-20(25)15-21/h7-15,18,22H,5-6,16-17H2,1-4H3,(H,26,30)/t18-,22-/m1/s1. The van der Waals surface area contributed by atoms with Crippen molar-refractivity contribution in [3.63, 3.8) is 0 Å². The number of hydrogen-bond donors (Lipinski definition) is 1. The van der Waals surface area contributed by atoms with E-state index in [4.69, 9.17) is 0 Å². The Kier molecular flexibility index (Phi) is 9.91. The van der Waals surface area contributed by atoms with E-state index in [9.17, 15) is 18.0 Å². The number of benzene rings is 2.